The fourth-order valence-corrected chi connectivity index (χ4v) is 3.85. The van der Waals surface area contributed by atoms with Crippen LogP contribution in [0.1, 0.15) is 36.3 Å². The lowest BCUT2D eigenvalue weighted by Crippen LogP contribution is -2.40. The van der Waals surface area contributed by atoms with Crippen molar-refractivity contribution in [2.75, 3.05) is 32.8 Å². The van der Waals surface area contributed by atoms with Crippen LogP contribution in [0, 0.1) is 5.92 Å². The average Bonchev–Trinajstić information content (AvgIpc) is 2.72. The first-order valence-corrected chi connectivity index (χ1v) is 9.87. The highest BCUT2D eigenvalue weighted by atomic mass is 35.5. The van der Waals surface area contributed by atoms with Gasteiger partial charge in [0.15, 0.2) is 0 Å². The number of benzene rings is 2. The Bertz CT molecular complexity index is 656. The molecule has 2 aromatic rings. The quantitative estimate of drug-likeness (QED) is 0.628. The number of carbonyl (C=O) groups is 1. The molecule has 0 amide bonds. The summed E-state index contributed by atoms with van der Waals surface area (Å²) in [4.78, 5) is 13.4. The summed E-state index contributed by atoms with van der Waals surface area (Å²) in [5.74, 6) is -0.563. The smallest absolute Gasteiger partial charge is 0.307 e. The molecule has 1 N–H and O–H groups in total. The lowest BCUT2D eigenvalue weighted by Gasteiger charge is -2.30. The standard InChI is InChI=1S/C23H29NO3.ClH/c25-23(26)21-12-7-14-24(18-21)15-17-27-16-13-22(19-8-3-1-4-9-19)20-10-5-2-6-11-20;/h1-6,8-11,21-22H,7,12-18H2,(H,25,26);1H/t21-;/m1./s1. The summed E-state index contributed by atoms with van der Waals surface area (Å²) in [5.41, 5.74) is 2.63. The van der Waals surface area contributed by atoms with Crippen LogP contribution in [0.5, 0.6) is 0 Å². The SMILES string of the molecule is Cl.O=C(O)[C@@H]1CCCN(CCOCCC(c2ccccc2)c2ccccc2)C1. The first-order chi connectivity index (χ1) is 13.2. The summed E-state index contributed by atoms with van der Waals surface area (Å²) in [5, 5.41) is 9.19. The van der Waals surface area contributed by atoms with Gasteiger partial charge in [0.05, 0.1) is 12.5 Å². The third-order valence-corrected chi connectivity index (χ3v) is 5.36. The molecule has 3 rings (SSSR count). The van der Waals surface area contributed by atoms with E-state index >= 15 is 0 Å². The van der Waals surface area contributed by atoms with Crippen LogP contribution in [-0.4, -0.2) is 48.8 Å². The lowest BCUT2D eigenvalue weighted by molar-refractivity contribution is -0.143. The Balaban J connectivity index is 0.00000280. The minimum absolute atomic E-state index is 0. The van der Waals surface area contributed by atoms with Gasteiger partial charge >= 0.3 is 5.97 Å². The van der Waals surface area contributed by atoms with Gasteiger partial charge < -0.3 is 14.7 Å². The van der Waals surface area contributed by atoms with E-state index in [0.717, 1.165) is 32.4 Å². The van der Waals surface area contributed by atoms with E-state index in [0.29, 0.717) is 25.7 Å². The molecule has 0 saturated carbocycles. The number of likely N-dealkylation sites (tertiary alicyclic amines) is 1. The Morgan fingerprint density at radius 1 is 1.04 bits per heavy atom. The highest BCUT2D eigenvalue weighted by Crippen LogP contribution is 2.27. The molecule has 0 spiro atoms. The Morgan fingerprint density at radius 3 is 2.21 bits per heavy atom. The van der Waals surface area contributed by atoms with E-state index in [1.54, 1.807) is 0 Å². The molecule has 1 saturated heterocycles. The lowest BCUT2D eigenvalue weighted by atomic mass is 9.89. The first-order valence-electron chi connectivity index (χ1n) is 9.87. The molecule has 1 aliphatic rings. The molecule has 1 aliphatic heterocycles. The molecule has 0 bridgehead atoms. The van der Waals surface area contributed by atoms with Crippen LogP contribution in [0.2, 0.25) is 0 Å². The first kappa shape index (κ1) is 22.4. The number of hydrogen-bond acceptors (Lipinski definition) is 3. The predicted molar refractivity (Wildman–Crippen MR) is 114 cm³/mol. The Kier molecular flexibility index (Phi) is 9.48. The van der Waals surface area contributed by atoms with Crippen molar-refractivity contribution in [3.8, 4) is 0 Å². The zero-order chi connectivity index (χ0) is 18.9. The molecule has 28 heavy (non-hydrogen) atoms. The number of piperidine rings is 1. The van der Waals surface area contributed by atoms with Crippen molar-refractivity contribution in [1.29, 1.82) is 0 Å². The molecule has 0 aromatic heterocycles. The van der Waals surface area contributed by atoms with Gasteiger partial charge in [0.25, 0.3) is 0 Å². The third-order valence-electron chi connectivity index (χ3n) is 5.36. The maximum absolute atomic E-state index is 11.2. The van der Waals surface area contributed by atoms with E-state index < -0.39 is 5.97 Å². The fraction of sp³-hybridized carbons (Fsp3) is 0.435. The second-order valence-corrected chi connectivity index (χ2v) is 7.25. The fourth-order valence-electron chi connectivity index (χ4n) is 3.85. The van der Waals surface area contributed by atoms with E-state index in [1.165, 1.54) is 11.1 Å². The monoisotopic (exact) mass is 403 g/mol. The molecule has 0 aliphatic carbocycles. The van der Waals surface area contributed by atoms with Crippen molar-refractivity contribution in [2.45, 2.75) is 25.2 Å². The van der Waals surface area contributed by atoms with Crippen molar-refractivity contribution < 1.29 is 14.6 Å². The van der Waals surface area contributed by atoms with E-state index in [2.05, 4.69) is 53.4 Å². The molecule has 2 aromatic carbocycles. The van der Waals surface area contributed by atoms with Gasteiger partial charge in [0, 0.05) is 25.6 Å². The molecule has 1 atom stereocenters. The topological polar surface area (TPSA) is 49.8 Å². The maximum Gasteiger partial charge on any atom is 0.307 e. The summed E-state index contributed by atoms with van der Waals surface area (Å²) in [6.45, 7) is 3.79. The Labute approximate surface area is 173 Å². The van der Waals surface area contributed by atoms with Gasteiger partial charge in [-0.05, 0) is 36.9 Å². The van der Waals surface area contributed by atoms with Gasteiger partial charge in [-0.1, -0.05) is 60.7 Å². The zero-order valence-electron chi connectivity index (χ0n) is 16.2. The summed E-state index contributed by atoms with van der Waals surface area (Å²) >= 11 is 0. The van der Waals surface area contributed by atoms with Gasteiger partial charge in [-0.25, -0.2) is 0 Å². The molecule has 0 radical (unpaired) electrons. The molecule has 1 fully saturated rings. The normalized spacial score (nSPS) is 17.2. The second-order valence-electron chi connectivity index (χ2n) is 7.25. The van der Waals surface area contributed by atoms with Gasteiger partial charge in [0.1, 0.15) is 0 Å². The number of aliphatic carboxylic acids is 1. The average molecular weight is 404 g/mol. The highest BCUT2D eigenvalue weighted by Gasteiger charge is 2.24. The van der Waals surface area contributed by atoms with Crippen molar-refractivity contribution >= 4 is 18.4 Å². The molecular weight excluding hydrogens is 374 g/mol. The van der Waals surface area contributed by atoms with Crippen LogP contribution >= 0.6 is 12.4 Å². The summed E-state index contributed by atoms with van der Waals surface area (Å²) in [6.07, 6.45) is 2.69. The molecule has 5 heteroatoms. The summed E-state index contributed by atoms with van der Waals surface area (Å²) in [6, 6.07) is 21.1. The molecule has 0 unspecified atom stereocenters. The van der Waals surface area contributed by atoms with Gasteiger partial charge in [-0.3, -0.25) is 4.79 Å². The Morgan fingerprint density at radius 2 is 1.64 bits per heavy atom. The maximum atomic E-state index is 11.2. The molecule has 152 valence electrons. The van der Waals surface area contributed by atoms with Gasteiger partial charge in [0.2, 0.25) is 0 Å². The van der Waals surface area contributed by atoms with Crippen LogP contribution in [0.4, 0.5) is 0 Å². The highest BCUT2D eigenvalue weighted by molar-refractivity contribution is 5.85. The van der Waals surface area contributed by atoms with Crippen LogP contribution in [0.3, 0.4) is 0 Å². The van der Waals surface area contributed by atoms with Crippen LogP contribution in [0.15, 0.2) is 60.7 Å². The predicted octanol–water partition coefficient (Wildman–Crippen LogP) is 4.44. The molecular formula is C23H30ClNO3. The van der Waals surface area contributed by atoms with Crippen molar-refractivity contribution in [3.05, 3.63) is 71.8 Å². The molecule has 4 nitrogen and oxygen atoms in total. The number of carboxylic acids is 1. The Hall–Kier alpha value is -1.88. The van der Waals surface area contributed by atoms with Crippen LogP contribution in [0.25, 0.3) is 0 Å². The van der Waals surface area contributed by atoms with Crippen molar-refractivity contribution in [1.82, 2.24) is 4.90 Å². The second kappa shape index (κ2) is 11.8. The number of rotatable bonds is 9. The number of halogens is 1. The van der Waals surface area contributed by atoms with E-state index in [4.69, 9.17) is 4.74 Å². The van der Waals surface area contributed by atoms with Gasteiger partial charge in [-0.2, -0.15) is 0 Å². The van der Waals surface area contributed by atoms with Crippen molar-refractivity contribution in [2.24, 2.45) is 5.92 Å². The third kappa shape index (κ3) is 6.62. The minimum Gasteiger partial charge on any atom is -0.481 e. The zero-order valence-corrected chi connectivity index (χ0v) is 17.0. The molecule has 1 heterocycles. The number of ether oxygens (including phenoxy) is 1. The summed E-state index contributed by atoms with van der Waals surface area (Å²) < 4.78 is 5.92. The van der Waals surface area contributed by atoms with E-state index in [1.807, 2.05) is 12.1 Å². The van der Waals surface area contributed by atoms with E-state index in [-0.39, 0.29) is 18.3 Å². The largest absolute Gasteiger partial charge is 0.481 e. The number of nitrogens with zero attached hydrogens (tertiary/aromatic N) is 1. The summed E-state index contributed by atoms with van der Waals surface area (Å²) in [7, 11) is 0. The van der Waals surface area contributed by atoms with Crippen molar-refractivity contribution in [3.63, 3.8) is 0 Å². The minimum atomic E-state index is -0.672. The number of carboxylic acid groups (broad SMARTS) is 1. The van der Waals surface area contributed by atoms with Crippen LogP contribution < -0.4 is 0 Å². The van der Waals surface area contributed by atoms with Gasteiger partial charge in [-0.15, -0.1) is 12.4 Å². The van der Waals surface area contributed by atoms with Crippen LogP contribution in [-0.2, 0) is 9.53 Å². The van der Waals surface area contributed by atoms with E-state index in [9.17, 15) is 9.90 Å². The number of hydrogen-bond donors (Lipinski definition) is 1.